The lowest BCUT2D eigenvalue weighted by atomic mass is 10.1. The van der Waals surface area contributed by atoms with E-state index in [0.29, 0.717) is 11.4 Å². The number of anilines is 1. The van der Waals surface area contributed by atoms with Crippen LogP contribution in [0.25, 0.3) is 16.6 Å². The molecule has 0 saturated carbocycles. The van der Waals surface area contributed by atoms with Crippen LogP contribution in [-0.4, -0.2) is 14.6 Å². The molecule has 0 bridgehead atoms. The van der Waals surface area contributed by atoms with Gasteiger partial charge in [-0.3, -0.25) is 0 Å². The number of hydrogen-bond donors (Lipinski definition) is 1. The van der Waals surface area contributed by atoms with Gasteiger partial charge in [0.05, 0.1) is 17.3 Å². The Labute approximate surface area is 117 Å². The highest BCUT2D eigenvalue weighted by molar-refractivity contribution is 9.10. The van der Waals surface area contributed by atoms with Crippen LogP contribution in [-0.2, 0) is 0 Å². The van der Waals surface area contributed by atoms with E-state index in [4.69, 9.17) is 11.0 Å². The van der Waals surface area contributed by atoms with Crippen molar-refractivity contribution in [3.63, 3.8) is 0 Å². The lowest BCUT2D eigenvalue weighted by molar-refractivity contribution is 0.957. The number of aromatic nitrogens is 3. The maximum Gasteiger partial charge on any atom is 0.123 e. The molecule has 3 aromatic rings. The smallest absolute Gasteiger partial charge is 0.123 e. The third-order valence-corrected chi connectivity index (χ3v) is 3.23. The minimum absolute atomic E-state index is 0.462. The molecule has 0 spiro atoms. The van der Waals surface area contributed by atoms with Crippen LogP contribution in [0.15, 0.2) is 41.3 Å². The maximum atomic E-state index is 9.16. The van der Waals surface area contributed by atoms with E-state index < -0.39 is 0 Å². The van der Waals surface area contributed by atoms with E-state index in [-0.39, 0.29) is 0 Å². The Morgan fingerprint density at radius 3 is 2.84 bits per heavy atom. The van der Waals surface area contributed by atoms with Crippen LogP contribution in [0.3, 0.4) is 0 Å². The summed E-state index contributed by atoms with van der Waals surface area (Å²) in [6.45, 7) is 0. The second-order valence-corrected chi connectivity index (χ2v) is 4.92. The average molecular weight is 314 g/mol. The fourth-order valence-electron chi connectivity index (χ4n) is 1.96. The highest BCUT2D eigenvalue weighted by Gasteiger charge is 2.12. The Morgan fingerprint density at radius 1 is 1.32 bits per heavy atom. The van der Waals surface area contributed by atoms with E-state index in [1.54, 1.807) is 23.0 Å². The molecular weight excluding hydrogens is 306 g/mol. The number of rotatable bonds is 1. The molecule has 0 unspecified atom stereocenters. The zero-order chi connectivity index (χ0) is 13.4. The van der Waals surface area contributed by atoms with Crippen LogP contribution in [0.5, 0.6) is 0 Å². The number of nitriles is 1. The Hall–Kier alpha value is -2.39. The van der Waals surface area contributed by atoms with Crippen molar-refractivity contribution in [1.29, 1.82) is 5.26 Å². The summed E-state index contributed by atoms with van der Waals surface area (Å²) in [6, 6.07) is 7.69. The molecule has 0 radical (unpaired) electrons. The van der Waals surface area contributed by atoms with E-state index in [0.717, 1.165) is 21.1 Å². The quantitative estimate of drug-likeness (QED) is 0.749. The third kappa shape index (κ3) is 1.94. The highest BCUT2D eigenvalue weighted by atomic mass is 79.9. The molecule has 3 rings (SSSR count). The predicted molar refractivity (Wildman–Crippen MR) is 75.3 cm³/mol. The first-order chi connectivity index (χ1) is 9.19. The van der Waals surface area contributed by atoms with Gasteiger partial charge in [0.1, 0.15) is 11.9 Å². The second-order valence-electron chi connectivity index (χ2n) is 4.01. The summed E-state index contributed by atoms with van der Waals surface area (Å²) in [5.41, 5.74) is 8.65. The fraction of sp³-hybridized carbons (Fsp3) is 0. The number of nitrogen functional groups attached to an aromatic ring is 1. The van der Waals surface area contributed by atoms with Gasteiger partial charge in [-0.2, -0.15) is 10.4 Å². The minimum Gasteiger partial charge on any atom is -0.384 e. The van der Waals surface area contributed by atoms with Crippen molar-refractivity contribution in [1.82, 2.24) is 14.6 Å². The van der Waals surface area contributed by atoms with E-state index in [2.05, 4.69) is 32.1 Å². The number of hydrogen-bond acceptors (Lipinski definition) is 4. The largest absolute Gasteiger partial charge is 0.384 e. The third-order valence-electron chi connectivity index (χ3n) is 2.80. The van der Waals surface area contributed by atoms with Crippen LogP contribution in [0.2, 0.25) is 0 Å². The van der Waals surface area contributed by atoms with Crippen molar-refractivity contribution in [3.05, 3.63) is 46.8 Å². The van der Waals surface area contributed by atoms with Crippen molar-refractivity contribution in [3.8, 4) is 17.2 Å². The lowest BCUT2D eigenvalue weighted by Crippen LogP contribution is -1.93. The van der Waals surface area contributed by atoms with Gasteiger partial charge in [-0.15, -0.1) is 0 Å². The Bertz CT molecular complexity index is 798. The van der Waals surface area contributed by atoms with Crippen LogP contribution in [0.4, 0.5) is 5.82 Å². The minimum atomic E-state index is 0.462. The van der Waals surface area contributed by atoms with Gasteiger partial charge in [-0.05, 0) is 34.1 Å². The molecule has 0 amide bonds. The lowest BCUT2D eigenvalue weighted by Gasteiger charge is -2.06. The van der Waals surface area contributed by atoms with Crippen LogP contribution < -0.4 is 5.73 Å². The molecular formula is C13H8BrN5. The number of pyridine rings is 2. The number of nitrogens with two attached hydrogens (primary N) is 1. The van der Waals surface area contributed by atoms with Crippen LogP contribution in [0, 0.1) is 11.3 Å². The Kier molecular flexibility index (Phi) is 2.69. The molecule has 0 atom stereocenters. The summed E-state index contributed by atoms with van der Waals surface area (Å²) in [5.74, 6) is 0.462. The van der Waals surface area contributed by atoms with Crippen LogP contribution >= 0.6 is 15.9 Å². The summed E-state index contributed by atoms with van der Waals surface area (Å²) in [4.78, 5) is 4.08. The molecule has 0 aromatic carbocycles. The summed E-state index contributed by atoms with van der Waals surface area (Å²) < 4.78 is 2.55. The summed E-state index contributed by atoms with van der Waals surface area (Å²) in [5, 5.41) is 13.3. The van der Waals surface area contributed by atoms with Crippen molar-refractivity contribution >= 4 is 27.3 Å². The summed E-state index contributed by atoms with van der Waals surface area (Å²) >= 11 is 3.44. The normalized spacial score (nSPS) is 10.5. The van der Waals surface area contributed by atoms with Gasteiger partial charge in [0.15, 0.2) is 0 Å². The van der Waals surface area contributed by atoms with Gasteiger partial charge in [-0.25, -0.2) is 9.50 Å². The molecule has 19 heavy (non-hydrogen) atoms. The van der Waals surface area contributed by atoms with Gasteiger partial charge in [0.2, 0.25) is 0 Å². The molecule has 6 heteroatoms. The standard InChI is InChI=1S/C13H8BrN5/c14-10-3-11(8-1-2-12(16)17-5-8)13-9(4-15)6-18-19(13)7-10/h1-3,5-7H,(H2,16,17). The molecule has 5 nitrogen and oxygen atoms in total. The Morgan fingerprint density at radius 2 is 2.16 bits per heavy atom. The maximum absolute atomic E-state index is 9.16. The molecule has 0 fully saturated rings. The molecule has 0 saturated heterocycles. The molecule has 92 valence electrons. The molecule has 3 heterocycles. The zero-order valence-corrected chi connectivity index (χ0v) is 11.3. The van der Waals surface area contributed by atoms with E-state index in [1.807, 2.05) is 18.3 Å². The fourth-order valence-corrected chi connectivity index (χ4v) is 2.38. The van der Waals surface area contributed by atoms with E-state index >= 15 is 0 Å². The van der Waals surface area contributed by atoms with Gasteiger partial charge in [0, 0.05) is 28.0 Å². The second kappa shape index (κ2) is 4.37. The van der Waals surface area contributed by atoms with Crippen molar-refractivity contribution in [2.24, 2.45) is 0 Å². The number of halogens is 1. The first-order valence-corrected chi connectivity index (χ1v) is 6.27. The van der Waals surface area contributed by atoms with Gasteiger partial charge >= 0.3 is 0 Å². The summed E-state index contributed by atoms with van der Waals surface area (Å²) in [7, 11) is 0. The molecule has 0 aliphatic heterocycles. The predicted octanol–water partition coefficient (Wildman–Crippen LogP) is 2.61. The zero-order valence-electron chi connectivity index (χ0n) is 9.71. The number of fused-ring (bicyclic) bond motifs is 1. The van der Waals surface area contributed by atoms with E-state index in [9.17, 15) is 0 Å². The SMILES string of the molecule is N#Cc1cnn2cc(Br)cc(-c3ccc(N)nc3)c12. The Balaban J connectivity index is 2.36. The van der Waals surface area contributed by atoms with Crippen molar-refractivity contribution in [2.75, 3.05) is 5.73 Å². The first kappa shape index (κ1) is 11.7. The molecule has 3 aromatic heterocycles. The highest BCUT2D eigenvalue weighted by Crippen LogP contribution is 2.29. The summed E-state index contributed by atoms with van der Waals surface area (Å²) in [6.07, 6.45) is 5.05. The van der Waals surface area contributed by atoms with Crippen LogP contribution in [0.1, 0.15) is 5.56 Å². The van der Waals surface area contributed by atoms with E-state index in [1.165, 1.54) is 0 Å². The first-order valence-electron chi connectivity index (χ1n) is 5.48. The topological polar surface area (TPSA) is 80.0 Å². The van der Waals surface area contributed by atoms with Crippen molar-refractivity contribution < 1.29 is 0 Å². The number of nitrogens with zero attached hydrogens (tertiary/aromatic N) is 4. The van der Waals surface area contributed by atoms with Gasteiger partial charge in [0.25, 0.3) is 0 Å². The molecule has 2 N–H and O–H groups in total. The monoisotopic (exact) mass is 313 g/mol. The molecule has 0 aliphatic rings. The average Bonchev–Trinajstić information content (AvgIpc) is 2.81. The van der Waals surface area contributed by atoms with Gasteiger partial charge in [-0.1, -0.05) is 0 Å². The molecule has 0 aliphatic carbocycles. The van der Waals surface area contributed by atoms with Gasteiger partial charge < -0.3 is 5.73 Å². The van der Waals surface area contributed by atoms with Crippen molar-refractivity contribution in [2.45, 2.75) is 0 Å².